The highest BCUT2D eigenvalue weighted by molar-refractivity contribution is 5.90. The Morgan fingerprint density at radius 1 is 0.750 bits per heavy atom. The highest BCUT2D eigenvalue weighted by atomic mass is 19.1. The highest BCUT2D eigenvalue weighted by Crippen LogP contribution is 2.23. The standard InChI is InChI=1S/C16H11FN2O3.C9H5NO4/c17-12-6-4-11(5-7-12)10-18-9-8-13-14(16(18)20)2-1-3-15(13)19(21)22;11-9-7-2-1-3-8(10(12)13)6(7)4-5-14-9/h1-9H,10H2;1-5H. The Labute approximate surface area is 200 Å². The number of nitro groups is 2. The number of nitrogens with zero attached hydrogens (tertiary/aromatic N) is 3. The van der Waals surface area contributed by atoms with Gasteiger partial charge in [0.25, 0.3) is 16.9 Å². The number of hydrogen-bond acceptors (Lipinski definition) is 7. The van der Waals surface area contributed by atoms with E-state index >= 15 is 0 Å². The van der Waals surface area contributed by atoms with Gasteiger partial charge in [-0.15, -0.1) is 0 Å². The Bertz CT molecular complexity index is 1730. The molecule has 0 fully saturated rings. The van der Waals surface area contributed by atoms with Gasteiger partial charge >= 0.3 is 5.63 Å². The molecule has 10 nitrogen and oxygen atoms in total. The monoisotopic (exact) mass is 489 g/mol. The fourth-order valence-electron chi connectivity index (χ4n) is 3.66. The van der Waals surface area contributed by atoms with E-state index in [1.807, 2.05) is 0 Å². The lowest BCUT2D eigenvalue weighted by Gasteiger charge is -2.07. The van der Waals surface area contributed by atoms with Crippen LogP contribution in [0.15, 0.2) is 99.3 Å². The molecule has 0 N–H and O–H groups in total. The van der Waals surface area contributed by atoms with Gasteiger partial charge in [0, 0.05) is 18.3 Å². The van der Waals surface area contributed by atoms with Gasteiger partial charge in [-0.05, 0) is 42.0 Å². The lowest BCUT2D eigenvalue weighted by atomic mass is 10.1. The van der Waals surface area contributed by atoms with Gasteiger partial charge in [0.2, 0.25) is 0 Å². The van der Waals surface area contributed by atoms with Crippen LogP contribution in [0.5, 0.6) is 0 Å². The first-order valence-electron chi connectivity index (χ1n) is 10.4. The van der Waals surface area contributed by atoms with Crippen molar-refractivity contribution in [1.82, 2.24) is 4.57 Å². The van der Waals surface area contributed by atoms with E-state index in [-0.39, 0.29) is 34.7 Å². The average Bonchev–Trinajstić information content (AvgIpc) is 2.87. The highest BCUT2D eigenvalue weighted by Gasteiger charge is 2.14. The third kappa shape index (κ3) is 4.85. The van der Waals surface area contributed by atoms with Crippen molar-refractivity contribution in [2.75, 3.05) is 0 Å². The quantitative estimate of drug-likeness (QED) is 0.261. The Kier molecular flexibility index (Phi) is 6.63. The predicted octanol–water partition coefficient (Wildman–Crippen LogP) is 4.80. The van der Waals surface area contributed by atoms with Crippen LogP contribution in [0.25, 0.3) is 21.5 Å². The number of nitro benzene ring substituents is 2. The molecule has 36 heavy (non-hydrogen) atoms. The minimum Gasteiger partial charge on any atom is -0.431 e. The molecule has 0 bridgehead atoms. The smallest absolute Gasteiger partial charge is 0.343 e. The zero-order chi connectivity index (χ0) is 25.8. The van der Waals surface area contributed by atoms with E-state index in [1.165, 1.54) is 59.3 Å². The van der Waals surface area contributed by atoms with Crippen LogP contribution in [0.3, 0.4) is 0 Å². The van der Waals surface area contributed by atoms with Crippen LogP contribution in [0.4, 0.5) is 15.8 Å². The minimum absolute atomic E-state index is 0.0876. The van der Waals surface area contributed by atoms with E-state index in [2.05, 4.69) is 4.42 Å². The molecule has 11 heteroatoms. The van der Waals surface area contributed by atoms with Gasteiger partial charge in [0.15, 0.2) is 0 Å². The molecule has 0 radical (unpaired) electrons. The maximum absolute atomic E-state index is 12.9. The van der Waals surface area contributed by atoms with Crippen LogP contribution in [0.2, 0.25) is 0 Å². The second-order valence-corrected chi connectivity index (χ2v) is 7.57. The second-order valence-electron chi connectivity index (χ2n) is 7.57. The number of hydrogen-bond donors (Lipinski definition) is 0. The maximum atomic E-state index is 12.9. The molecule has 0 aliphatic heterocycles. The molecule has 5 aromatic rings. The number of benzene rings is 3. The van der Waals surface area contributed by atoms with Crippen molar-refractivity contribution in [2.45, 2.75) is 6.54 Å². The summed E-state index contributed by atoms with van der Waals surface area (Å²) in [6.07, 6.45) is 2.67. The van der Waals surface area contributed by atoms with Crippen LogP contribution in [0.1, 0.15) is 5.56 Å². The molecule has 180 valence electrons. The third-order valence-corrected chi connectivity index (χ3v) is 5.37. The summed E-state index contributed by atoms with van der Waals surface area (Å²) in [5, 5.41) is 22.7. The first kappa shape index (κ1) is 24.0. The maximum Gasteiger partial charge on any atom is 0.343 e. The zero-order valence-corrected chi connectivity index (χ0v) is 18.4. The van der Waals surface area contributed by atoms with Gasteiger partial charge in [-0.25, -0.2) is 9.18 Å². The summed E-state index contributed by atoms with van der Waals surface area (Å²) in [5.41, 5.74) is -0.288. The van der Waals surface area contributed by atoms with Gasteiger partial charge in [-0.1, -0.05) is 24.3 Å². The van der Waals surface area contributed by atoms with Crippen LogP contribution >= 0.6 is 0 Å². The van der Waals surface area contributed by atoms with Gasteiger partial charge < -0.3 is 8.98 Å². The zero-order valence-electron chi connectivity index (χ0n) is 18.4. The summed E-state index contributed by atoms with van der Waals surface area (Å²) in [4.78, 5) is 44.2. The molecule has 2 heterocycles. The van der Waals surface area contributed by atoms with E-state index in [0.717, 1.165) is 11.8 Å². The largest absolute Gasteiger partial charge is 0.431 e. The SMILES string of the molecule is O=c1c2cccc([N+](=O)[O-])c2ccn1Cc1ccc(F)cc1.O=c1occc2c([N+](=O)[O-])cccc12. The first-order valence-corrected chi connectivity index (χ1v) is 10.4. The number of halogens is 1. The Morgan fingerprint density at radius 2 is 1.33 bits per heavy atom. The van der Waals surface area contributed by atoms with Crippen molar-refractivity contribution < 1.29 is 18.7 Å². The molecule has 5 rings (SSSR count). The molecule has 0 saturated heterocycles. The van der Waals surface area contributed by atoms with Crippen LogP contribution in [0, 0.1) is 26.0 Å². The Hall–Kier alpha value is -5.19. The van der Waals surface area contributed by atoms with Crippen molar-refractivity contribution in [3.63, 3.8) is 0 Å². The predicted molar refractivity (Wildman–Crippen MR) is 130 cm³/mol. The number of aromatic nitrogens is 1. The summed E-state index contributed by atoms with van der Waals surface area (Å²) in [6, 6.07) is 17.5. The van der Waals surface area contributed by atoms with Crippen LogP contribution in [-0.2, 0) is 6.54 Å². The Balaban J connectivity index is 0.000000187. The van der Waals surface area contributed by atoms with E-state index < -0.39 is 15.5 Å². The topological polar surface area (TPSA) is 138 Å². The normalized spacial score (nSPS) is 10.6. The van der Waals surface area contributed by atoms with E-state index in [4.69, 9.17) is 0 Å². The molecule has 0 unspecified atom stereocenters. The van der Waals surface area contributed by atoms with E-state index in [9.17, 15) is 34.2 Å². The molecular formula is C25H16FN3O7. The number of pyridine rings is 1. The first-order chi connectivity index (χ1) is 17.3. The molecular weight excluding hydrogens is 473 g/mol. The van der Waals surface area contributed by atoms with Crippen molar-refractivity contribution in [3.8, 4) is 0 Å². The number of non-ortho nitro benzene ring substituents is 2. The lowest BCUT2D eigenvalue weighted by Crippen LogP contribution is -2.20. The molecule has 0 aliphatic carbocycles. The van der Waals surface area contributed by atoms with Crippen molar-refractivity contribution in [1.29, 1.82) is 0 Å². The van der Waals surface area contributed by atoms with Crippen molar-refractivity contribution in [3.05, 3.63) is 138 Å². The summed E-state index contributed by atoms with van der Waals surface area (Å²) in [5.74, 6) is -0.342. The summed E-state index contributed by atoms with van der Waals surface area (Å²) in [6.45, 7) is 0.276. The lowest BCUT2D eigenvalue weighted by molar-refractivity contribution is -0.383. The molecule has 0 amide bonds. The Morgan fingerprint density at radius 3 is 1.94 bits per heavy atom. The molecule has 0 saturated carbocycles. The molecule has 3 aromatic carbocycles. The summed E-state index contributed by atoms with van der Waals surface area (Å²) >= 11 is 0. The average molecular weight is 489 g/mol. The fourth-order valence-corrected chi connectivity index (χ4v) is 3.66. The molecule has 0 aliphatic rings. The van der Waals surface area contributed by atoms with Gasteiger partial charge in [-0.3, -0.25) is 25.0 Å². The van der Waals surface area contributed by atoms with Crippen LogP contribution in [-0.4, -0.2) is 14.4 Å². The summed E-state index contributed by atoms with van der Waals surface area (Å²) in [7, 11) is 0. The van der Waals surface area contributed by atoms with E-state index in [0.29, 0.717) is 16.2 Å². The van der Waals surface area contributed by atoms with Crippen LogP contribution < -0.4 is 11.2 Å². The summed E-state index contributed by atoms with van der Waals surface area (Å²) < 4.78 is 18.9. The van der Waals surface area contributed by atoms with Crippen molar-refractivity contribution >= 4 is 32.9 Å². The fraction of sp³-hybridized carbons (Fsp3) is 0.0400. The molecule has 0 atom stereocenters. The van der Waals surface area contributed by atoms with E-state index in [1.54, 1.807) is 24.3 Å². The second kappa shape index (κ2) is 9.97. The molecule has 0 spiro atoms. The van der Waals surface area contributed by atoms with Crippen molar-refractivity contribution in [2.24, 2.45) is 0 Å². The third-order valence-electron chi connectivity index (χ3n) is 5.37. The number of fused-ring (bicyclic) bond motifs is 2. The minimum atomic E-state index is -0.564. The number of rotatable bonds is 4. The molecule has 2 aromatic heterocycles. The van der Waals surface area contributed by atoms with Gasteiger partial charge in [0.1, 0.15) is 5.82 Å². The van der Waals surface area contributed by atoms with Gasteiger partial charge in [0.05, 0.1) is 44.2 Å². The van der Waals surface area contributed by atoms with Gasteiger partial charge in [-0.2, -0.15) is 0 Å².